The summed E-state index contributed by atoms with van der Waals surface area (Å²) in [5.41, 5.74) is 1.14. The van der Waals surface area contributed by atoms with Gasteiger partial charge in [0.1, 0.15) is 0 Å². The van der Waals surface area contributed by atoms with E-state index in [4.69, 9.17) is 0 Å². The molecular formula is C21H28N4O3S. The lowest BCUT2D eigenvalue weighted by Crippen LogP contribution is -2.39. The van der Waals surface area contributed by atoms with Crippen LogP contribution in [0.1, 0.15) is 54.1 Å². The fraction of sp³-hybridized carbons (Fsp3) is 0.524. The van der Waals surface area contributed by atoms with E-state index in [1.165, 1.54) is 0 Å². The topological polar surface area (TPSA) is 75.5 Å². The second-order valence-electron chi connectivity index (χ2n) is 7.98. The average molecular weight is 417 g/mol. The van der Waals surface area contributed by atoms with Crippen molar-refractivity contribution in [3.63, 3.8) is 0 Å². The molecule has 0 atom stereocenters. The Morgan fingerprint density at radius 3 is 2.45 bits per heavy atom. The number of aryl methyl sites for hydroxylation is 1. The third kappa shape index (κ3) is 4.09. The minimum Gasteiger partial charge on any atom is -0.338 e. The van der Waals surface area contributed by atoms with E-state index >= 15 is 0 Å². The van der Waals surface area contributed by atoms with Gasteiger partial charge in [-0.2, -0.15) is 4.31 Å². The fourth-order valence-electron chi connectivity index (χ4n) is 4.29. The van der Waals surface area contributed by atoms with Crippen molar-refractivity contribution in [2.24, 2.45) is 0 Å². The van der Waals surface area contributed by atoms with Gasteiger partial charge >= 0.3 is 0 Å². The van der Waals surface area contributed by atoms with Crippen LogP contribution in [-0.2, 0) is 10.0 Å². The molecule has 7 nitrogen and oxygen atoms in total. The predicted octanol–water partition coefficient (Wildman–Crippen LogP) is 2.84. The standard InChI is InChI=1S/C21H28N4O3S/c1-17-5-6-18(15-20(17)29(27,28)25-10-3-2-4-11-25)21(26)23-12-7-19(8-13-23)24-14-9-22-16-24/h5-6,9,14-16,19H,2-4,7-8,10-13H2,1H3. The third-order valence-corrected chi connectivity index (χ3v) is 8.11. The van der Waals surface area contributed by atoms with E-state index in [0.717, 1.165) is 32.1 Å². The SMILES string of the molecule is Cc1ccc(C(=O)N2CCC(n3ccnc3)CC2)cc1S(=O)(=O)N1CCCCC1. The largest absolute Gasteiger partial charge is 0.338 e. The molecule has 2 aliphatic heterocycles. The quantitative estimate of drug-likeness (QED) is 0.768. The summed E-state index contributed by atoms with van der Waals surface area (Å²) in [5.74, 6) is -0.0934. The van der Waals surface area contributed by atoms with Gasteiger partial charge in [-0.05, 0) is 50.3 Å². The number of amides is 1. The van der Waals surface area contributed by atoms with E-state index < -0.39 is 10.0 Å². The van der Waals surface area contributed by atoms with E-state index in [-0.39, 0.29) is 10.8 Å². The van der Waals surface area contributed by atoms with E-state index in [9.17, 15) is 13.2 Å². The molecule has 1 amide bonds. The molecule has 0 N–H and O–H groups in total. The molecule has 1 aromatic heterocycles. The zero-order valence-electron chi connectivity index (χ0n) is 16.8. The third-order valence-electron chi connectivity index (χ3n) is 6.07. The van der Waals surface area contributed by atoms with Crippen LogP contribution in [0.4, 0.5) is 0 Å². The summed E-state index contributed by atoms with van der Waals surface area (Å²) in [6, 6.07) is 5.43. The second-order valence-corrected chi connectivity index (χ2v) is 9.88. The van der Waals surface area contributed by atoms with E-state index in [0.29, 0.717) is 43.3 Å². The number of likely N-dealkylation sites (tertiary alicyclic amines) is 1. The van der Waals surface area contributed by atoms with Crippen LogP contribution in [0.15, 0.2) is 41.8 Å². The Morgan fingerprint density at radius 2 is 1.79 bits per heavy atom. The van der Waals surface area contributed by atoms with Crippen LogP contribution < -0.4 is 0 Å². The highest BCUT2D eigenvalue weighted by atomic mass is 32.2. The molecule has 0 spiro atoms. The molecule has 0 bridgehead atoms. The van der Waals surface area contributed by atoms with Crippen molar-refractivity contribution in [2.75, 3.05) is 26.2 Å². The predicted molar refractivity (Wildman–Crippen MR) is 110 cm³/mol. The maximum atomic E-state index is 13.1. The van der Waals surface area contributed by atoms with Gasteiger partial charge in [0.15, 0.2) is 0 Å². The lowest BCUT2D eigenvalue weighted by Gasteiger charge is -2.33. The number of benzene rings is 1. The molecule has 29 heavy (non-hydrogen) atoms. The first-order valence-corrected chi connectivity index (χ1v) is 11.8. The maximum absolute atomic E-state index is 13.1. The van der Waals surface area contributed by atoms with E-state index in [2.05, 4.69) is 9.55 Å². The molecule has 1 aromatic carbocycles. The Labute approximate surface area is 172 Å². The van der Waals surface area contributed by atoms with Crippen molar-refractivity contribution in [3.05, 3.63) is 48.0 Å². The Hall–Kier alpha value is -2.19. The Balaban J connectivity index is 1.50. The molecule has 4 rings (SSSR count). The molecule has 2 aromatic rings. The number of piperidine rings is 2. The first kappa shape index (κ1) is 20.1. The van der Waals surface area contributed by atoms with Gasteiger partial charge < -0.3 is 9.47 Å². The fourth-order valence-corrected chi connectivity index (χ4v) is 6.06. The molecule has 0 unspecified atom stereocenters. The van der Waals surface area contributed by atoms with Crippen LogP contribution >= 0.6 is 0 Å². The maximum Gasteiger partial charge on any atom is 0.253 e. The van der Waals surface area contributed by atoms with Crippen molar-refractivity contribution in [1.29, 1.82) is 0 Å². The van der Waals surface area contributed by atoms with Crippen LogP contribution in [0.5, 0.6) is 0 Å². The number of carbonyl (C=O) groups excluding carboxylic acids is 1. The van der Waals surface area contributed by atoms with E-state index in [1.807, 2.05) is 17.4 Å². The summed E-state index contributed by atoms with van der Waals surface area (Å²) in [6.07, 6.45) is 10.1. The van der Waals surface area contributed by atoms with Gasteiger partial charge in [0.25, 0.3) is 5.91 Å². The van der Waals surface area contributed by atoms with Crippen molar-refractivity contribution in [2.45, 2.75) is 50.0 Å². The summed E-state index contributed by atoms with van der Waals surface area (Å²) in [5, 5.41) is 0. The number of aromatic nitrogens is 2. The lowest BCUT2D eigenvalue weighted by molar-refractivity contribution is 0.0694. The summed E-state index contributed by atoms with van der Waals surface area (Å²) in [4.78, 5) is 19.2. The highest BCUT2D eigenvalue weighted by Gasteiger charge is 2.29. The molecule has 0 aliphatic carbocycles. The number of sulfonamides is 1. The zero-order valence-corrected chi connectivity index (χ0v) is 17.6. The van der Waals surface area contributed by atoms with Gasteiger partial charge in [-0.25, -0.2) is 13.4 Å². The lowest BCUT2D eigenvalue weighted by atomic mass is 10.0. The number of hydrogen-bond acceptors (Lipinski definition) is 4. The highest BCUT2D eigenvalue weighted by molar-refractivity contribution is 7.89. The van der Waals surface area contributed by atoms with Crippen LogP contribution in [-0.4, -0.2) is 59.3 Å². The second kappa shape index (κ2) is 8.28. The normalized spacial score (nSPS) is 19.4. The number of nitrogens with zero attached hydrogens (tertiary/aromatic N) is 4. The summed E-state index contributed by atoms with van der Waals surface area (Å²) in [7, 11) is -3.57. The first-order chi connectivity index (χ1) is 14.0. The average Bonchev–Trinajstić information content (AvgIpc) is 3.29. The Morgan fingerprint density at radius 1 is 1.07 bits per heavy atom. The van der Waals surface area contributed by atoms with Gasteiger partial charge in [-0.15, -0.1) is 0 Å². The minimum atomic E-state index is -3.57. The monoisotopic (exact) mass is 416 g/mol. The molecule has 3 heterocycles. The van der Waals surface area contributed by atoms with Crippen LogP contribution in [0.3, 0.4) is 0 Å². The number of carbonyl (C=O) groups is 1. The van der Waals surface area contributed by atoms with Crippen LogP contribution in [0.25, 0.3) is 0 Å². The summed E-state index contributed by atoms with van der Waals surface area (Å²) < 4.78 is 29.9. The van der Waals surface area contributed by atoms with Crippen molar-refractivity contribution in [3.8, 4) is 0 Å². The van der Waals surface area contributed by atoms with Gasteiger partial charge in [0.05, 0.1) is 11.2 Å². The zero-order chi connectivity index (χ0) is 20.4. The highest BCUT2D eigenvalue weighted by Crippen LogP contribution is 2.27. The van der Waals surface area contributed by atoms with E-state index in [1.54, 1.807) is 35.6 Å². The molecule has 156 valence electrons. The van der Waals surface area contributed by atoms with Crippen molar-refractivity contribution in [1.82, 2.24) is 18.8 Å². The Bertz CT molecular complexity index is 958. The molecule has 0 radical (unpaired) electrons. The van der Waals surface area contributed by atoms with Gasteiger partial charge in [-0.1, -0.05) is 12.5 Å². The van der Waals surface area contributed by atoms with Crippen molar-refractivity contribution < 1.29 is 13.2 Å². The van der Waals surface area contributed by atoms with Crippen molar-refractivity contribution >= 4 is 15.9 Å². The number of hydrogen-bond donors (Lipinski definition) is 0. The number of imidazole rings is 1. The summed E-state index contributed by atoms with van der Waals surface area (Å²) >= 11 is 0. The smallest absolute Gasteiger partial charge is 0.253 e. The molecule has 0 saturated carbocycles. The van der Waals surface area contributed by atoms with Gasteiger partial charge in [0.2, 0.25) is 10.0 Å². The van der Waals surface area contributed by atoms with Gasteiger partial charge in [-0.3, -0.25) is 4.79 Å². The molecule has 2 saturated heterocycles. The van der Waals surface area contributed by atoms with Gasteiger partial charge in [0, 0.05) is 50.2 Å². The van der Waals surface area contributed by atoms with Crippen LogP contribution in [0, 0.1) is 6.92 Å². The number of rotatable bonds is 4. The molecule has 8 heteroatoms. The minimum absolute atomic E-state index is 0.0934. The van der Waals surface area contributed by atoms with Crippen LogP contribution in [0.2, 0.25) is 0 Å². The molecular weight excluding hydrogens is 388 g/mol. The molecule has 2 aliphatic rings. The Kier molecular flexibility index (Phi) is 5.74. The summed E-state index contributed by atoms with van der Waals surface area (Å²) in [6.45, 7) is 4.22. The molecule has 2 fully saturated rings. The first-order valence-electron chi connectivity index (χ1n) is 10.3.